The first-order chi connectivity index (χ1) is 8.85. The van der Waals surface area contributed by atoms with Gasteiger partial charge in [0, 0.05) is 23.6 Å². The van der Waals surface area contributed by atoms with Crippen LogP contribution in [0, 0.1) is 0 Å². The zero-order chi connectivity index (χ0) is 14.0. The normalized spacial score (nSPS) is 18.7. The van der Waals surface area contributed by atoms with E-state index >= 15 is 0 Å². The van der Waals surface area contributed by atoms with Crippen LogP contribution in [0.15, 0.2) is 0 Å². The van der Waals surface area contributed by atoms with Gasteiger partial charge in [0.05, 0.1) is 6.10 Å². The van der Waals surface area contributed by atoms with Gasteiger partial charge in [0.15, 0.2) is 0 Å². The molecule has 19 heavy (non-hydrogen) atoms. The summed E-state index contributed by atoms with van der Waals surface area (Å²) in [6.07, 6.45) is 0.0136. The molecule has 0 aromatic carbocycles. The average Bonchev–Trinajstić information content (AvgIpc) is 2.25. The van der Waals surface area contributed by atoms with Crippen LogP contribution in [-0.2, 0) is 0 Å². The Kier molecular flexibility index (Phi) is 4.40. The lowest BCUT2D eigenvalue weighted by atomic mass is 10.2. The van der Waals surface area contributed by atoms with Crippen LogP contribution in [0.1, 0.15) is 27.7 Å². The number of anilines is 1. The molecule has 0 aliphatic carbocycles. The van der Waals surface area contributed by atoms with Gasteiger partial charge in [-0.15, -0.1) is 0 Å². The molecule has 1 aromatic rings. The van der Waals surface area contributed by atoms with E-state index in [-0.39, 0.29) is 16.1 Å². The maximum absolute atomic E-state index is 5.95. The van der Waals surface area contributed by atoms with Crippen molar-refractivity contribution in [1.29, 1.82) is 0 Å². The van der Waals surface area contributed by atoms with Crippen LogP contribution in [0.25, 0.3) is 0 Å². The summed E-state index contributed by atoms with van der Waals surface area (Å²) in [5.74, 6) is 1.65. The second kappa shape index (κ2) is 5.71. The highest BCUT2D eigenvalue weighted by Gasteiger charge is 2.29. The van der Waals surface area contributed by atoms with E-state index in [9.17, 15) is 0 Å². The SMILES string of the molecule is CC(C)Oc1nc(Cl)nc(N2CCSC(C)(C)C2)n1. The standard InChI is InChI=1S/C12H19ClN4OS/c1-8(2)18-11-15-9(13)14-10(16-11)17-5-6-19-12(3,4)7-17/h8H,5-7H2,1-4H3. The van der Waals surface area contributed by atoms with Gasteiger partial charge in [-0.3, -0.25) is 0 Å². The Labute approximate surface area is 123 Å². The highest BCUT2D eigenvalue weighted by atomic mass is 35.5. The lowest BCUT2D eigenvalue weighted by Crippen LogP contribution is -2.44. The van der Waals surface area contributed by atoms with Crippen molar-refractivity contribution in [2.24, 2.45) is 0 Å². The lowest BCUT2D eigenvalue weighted by Gasteiger charge is -2.37. The fourth-order valence-corrected chi connectivity index (χ4v) is 3.17. The molecule has 7 heteroatoms. The summed E-state index contributed by atoms with van der Waals surface area (Å²) >= 11 is 7.91. The molecule has 1 aliphatic heterocycles. The van der Waals surface area contributed by atoms with Gasteiger partial charge >= 0.3 is 6.01 Å². The third kappa shape index (κ3) is 4.11. The van der Waals surface area contributed by atoms with E-state index in [1.54, 1.807) is 0 Å². The van der Waals surface area contributed by atoms with Gasteiger partial charge in [0.2, 0.25) is 11.2 Å². The van der Waals surface area contributed by atoms with Crippen molar-refractivity contribution in [2.45, 2.75) is 38.5 Å². The quantitative estimate of drug-likeness (QED) is 0.855. The second-order valence-electron chi connectivity index (χ2n) is 5.38. The van der Waals surface area contributed by atoms with Crippen molar-refractivity contribution in [3.8, 4) is 6.01 Å². The molecule has 2 heterocycles. The molecule has 1 aliphatic rings. The largest absolute Gasteiger partial charge is 0.461 e. The molecule has 0 radical (unpaired) electrons. The fourth-order valence-electron chi connectivity index (χ4n) is 1.91. The Hall–Kier alpha value is -0.750. The summed E-state index contributed by atoms with van der Waals surface area (Å²) in [5.41, 5.74) is 0. The van der Waals surface area contributed by atoms with E-state index in [0.29, 0.717) is 12.0 Å². The molecule has 0 bridgehead atoms. The van der Waals surface area contributed by atoms with Crippen LogP contribution in [0.5, 0.6) is 6.01 Å². The molecule has 0 spiro atoms. The van der Waals surface area contributed by atoms with Crippen LogP contribution < -0.4 is 9.64 Å². The van der Waals surface area contributed by atoms with Gasteiger partial charge in [-0.2, -0.15) is 26.7 Å². The minimum Gasteiger partial charge on any atom is -0.461 e. The van der Waals surface area contributed by atoms with E-state index in [4.69, 9.17) is 16.3 Å². The number of thioether (sulfide) groups is 1. The summed E-state index contributed by atoms with van der Waals surface area (Å²) in [7, 11) is 0. The van der Waals surface area contributed by atoms with E-state index < -0.39 is 0 Å². The number of ether oxygens (including phenoxy) is 1. The molecule has 1 aromatic heterocycles. The van der Waals surface area contributed by atoms with Crippen molar-refractivity contribution >= 4 is 29.3 Å². The lowest BCUT2D eigenvalue weighted by molar-refractivity contribution is 0.221. The van der Waals surface area contributed by atoms with Crippen LogP contribution in [-0.4, -0.2) is 44.6 Å². The Balaban J connectivity index is 2.21. The number of nitrogens with zero attached hydrogens (tertiary/aromatic N) is 4. The molecular weight excluding hydrogens is 284 g/mol. The number of hydrogen-bond acceptors (Lipinski definition) is 6. The van der Waals surface area contributed by atoms with Crippen molar-refractivity contribution in [2.75, 3.05) is 23.7 Å². The van der Waals surface area contributed by atoms with Crippen molar-refractivity contribution in [3.05, 3.63) is 5.28 Å². The van der Waals surface area contributed by atoms with Gasteiger partial charge in [-0.05, 0) is 39.3 Å². The zero-order valence-electron chi connectivity index (χ0n) is 11.7. The highest BCUT2D eigenvalue weighted by Crippen LogP contribution is 2.31. The van der Waals surface area contributed by atoms with Crippen molar-refractivity contribution in [1.82, 2.24) is 15.0 Å². The molecule has 0 unspecified atom stereocenters. The van der Waals surface area contributed by atoms with Crippen LogP contribution in [0.4, 0.5) is 5.95 Å². The summed E-state index contributed by atoms with van der Waals surface area (Å²) < 4.78 is 5.69. The van der Waals surface area contributed by atoms with Crippen LogP contribution in [0.3, 0.4) is 0 Å². The van der Waals surface area contributed by atoms with Gasteiger partial charge in [0.25, 0.3) is 0 Å². The van der Waals surface area contributed by atoms with Gasteiger partial charge in [-0.1, -0.05) is 0 Å². The van der Waals surface area contributed by atoms with Gasteiger partial charge < -0.3 is 9.64 Å². The third-order valence-electron chi connectivity index (χ3n) is 2.63. The highest BCUT2D eigenvalue weighted by molar-refractivity contribution is 8.00. The molecule has 2 rings (SSSR count). The third-order valence-corrected chi connectivity index (χ3v) is 4.09. The Morgan fingerprint density at radius 3 is 2.68 bits per heavy atom. The summed E-state index contributed by atoms with van der Waals surface area (Å²) in [6, 6.07) is 0.293. The van der Waals surface area contributed by atoms with Crippen molar-refractivity contribution < 1.29 is 4.74 Å². The molecule has 0 N–H and O–H groups in total. The molecule has 1 fully saturated rings. The molecule has 0 atom stereocenters. The minimum atomic E-state index is 0.0136. The molecule has 0 amide bonds. The average molecular weight is 303 g/mol. The predicted octanol–water partition coefficient (Wildman–Crippen LogP) is 2.64. The molecule has 0 saturated carbocycles. The first kappa shape index (κ1) is 14.7. The van der Waals surface area contributed by atoms with Crippen LogP contribution >= 0.6 is 23.4 Å². The van der Waals surface area contributed by atoms with Gasteiger partial charge in [0.1, 0.15) is 0 Å². The number of hydrogen-bond donors (Lipinski definition) is 0. The Bertz CT molecular complexity index is 455. The van der Waals surface area contributed by atoms with E-state index in [1.165, 1.54) is 0 Å². The number of aromatic nitrogens is 3. The van der Waals surface area contributed by atoms with E-state index in [0.717, 1.165) is 18.8 Å². The maximum Gasteiger partial charge on any atom is 0.322 e. The smallest absolute Gasteiger partial charge is 0.322 e. The molecule has 1 saturated heterocycles. The minimum absolute atomic E-state index is 0.0136. The maximum atomic E-state index is 5.95. The molecule has 106 valence electrons. The second-order valence-corrected chi connectivity index (χ2v) is 7.52. The Morgan fingerprint density at radius 1 is 1.32 bits per heavy atom. The number of rotatable bonds is 3. The summed E-state index contributed by atoms with van der Waals surface area (Å²) in [6.45, 7) is 10.1. The first-order valence-corrected chi connectivity index (χ1v) is 7.69. The zero-order valence-corrected chi connectivity index (χ0v) is 13.3. The fraction of sp³-hybridized carbons (Fsp3) is 0.750. The number of halogens is 1. The van der Waals surface area contributed by atoms with Gasteiger partial charge in [-0.25, -0.2) is 0 Å². The summed E-state index contributed by atoms with van der Waals surface area (Å²) in [4.78, 5) is 14.7. The first-order valence-electron chi connectivity index (χ1n) is 6.33. The van der Waals surface area contributed by atoms with E-state index in [2.05, 4.69) is 33.7 Å². The topological polar surface area (TPSA) is 51.1 Å². The predicted molar refractivity (Wildman–Crippen MR) is 79.4 cm³/mol. The molecule has 5 nitrogen and oxygen atoms in total. The van der Waals surface area contributed by atoms with Crippen molar-refractivity contribution in [3.63, 3.8) is 0 Å². The molecular formula is C12H19ClN4OS. The Morgan fingerprint density at radius 2 is 2.05 bits per heavy atom. The van der Waals surface area contributed by atoms with E-state index in [1.807, 2.05) is 25.6 Å². The summed E-state index contributed by atoms with van der Waals surface area (Å²) in [5, 5.41) is 0.177. The van der Waals surface area contributed by atoms with Crippen LogP contribution in [0.2, 0.25) is 5.28 Å². The monoisotopic (exact) mass is 302 g/mol.